The van der Waals surface area contributed by atoms with Crippen molar-refractivity contribution in [2.45, 2.75) is 99.9 Å². The van der Waals surface area contributed by atoms with Crippen LogP contribution in [0.3, 0.4) is 0 Å². The van der Waals surface area contributed by atoms with Crippen LogP contribution in [0.1, 0.15) is 70.6 Å². The summed E-state index contributed by atoms with van der Waals surface area (Å²) in [6.07, 6.45) is 6.57. The normalized spacial score (nSPS) is 23.8. The molecular weight excluding hydrogens is 706 g/mol. The molecule has 3 fully saturated rings. The molecule has 0 aromatic rings. The van der Waals surface area contributed by atoms with Crippen molar-refractivity contribution in [1.29, 1.82) is 0 Å². The Morgan fingerprint density at radius 1 is 0.827 bits per heavy atom. The number of rotatable bonds is 29. The summed E-state index contributed by atoms with van der Waals surface area (Å²) in [4.78, 5) is 57.5. The molecule has 0 radical (unpaired) electrons. The van der Waals surface area contributed by atoms with Crippen molar-refractivity contribution in [3.8, 4) is 0 Å². The van der Waals surface area contributed by atoms with Gasteiger partial charge in [-0.1, -0.05) is 6.42 Å². The quantitative estimate of drug-likeness (QED) is 0.0330. The first-order valence-electron chi connectivity index (χ1n) is 18.4. The number of ether oxygens (including phenoxy) is 8. The fraction of sp³-hybridized carbons (Fsp3) is 0.882. The minimum absolute atomic E-state index is 0.0726. The van der Waals surface area contributed by atoms with E-state index in [4.69, 9.17) is 42.9 Å². The van der Waals surface area contributed by atoms with Crippen LogP contribution in [0.5, 0.6) is 0 Å². The molecule has 17 nitrogen and oxygen atoms in total. The second kappa shape index (κ2) is 26.3. The van der Waals surface area contributed by atoms with Crippen molar-refractivity contribution in [3.63, 3.8) is 0 Å². The third-order valence-corrected chi connectivity index (χ3v) is 10.3. The van der Waals surface area contributed by atoms with Crippen molar-refractivity contribution in [2.75, 3.05) is 92.6 Å². The van der Waals surface area contributed by atoms with Crippen molar-refractivity contribution in [1.82, 2.24) is 16.0 Å². The molecule has 3 heterocycles. The predicted octanol–water partition coefficient (Wildman–Crippen LogP) is 2.62. The van der Waals surface area contributed by atoms with Gasteiger partial charge in [0.25, 0.3) is 0 Å². The second-order valence-electron chi connectivity index (χ2n) is 12.6. The molecule has 0 bridgehead atoms. The maximum Gasteiger partial charge on any atom is 0.407 e. The third kappa shape index (κ3) is 18.1. The molecule has 0 saturated carbocycles. The van der Waals surface area contributed by atoms with Gasteiger partial charge < -0.3 is 53.8 Å². The van der Waals surface area contributed by atoms with Gasteiger partial charge in [0, 0.05) is 37.5 Å². The number of thioether (sulfide) groups is 1. The van der Waals surface area contributed by atoms with Crippen molar-refractivity contribution < 1.29 is 66.8 Å². The lowest BCUT2D eigenvalue weighted by Gasteiger charge is -2.37. The molecule has 0 spiro atoms. The van der Waals surface area contributed by atoms with E-state index in [9.17, 15) is 19.2 Å². The van der Waals surface area contributed by atoms with E-state index in [1.165, 1.54) is 7.11 Å². The van der Waals surface area contributed by atoms with E-state index >= 15 is 0 Å². The summed E-state index contributed by atoms with van der Waals surface area (Å²) >= 11 is 1.89. The van der Waals surface area contributed by atoms with Gasteiger partial charge in [-0.3, -0.25) is 9.59 Å². The molecule has 3 aliphatic heterocycles. The smallest absolute Gasteiger partial charge is 0.407 e. The summed E-state index contributed by atoms with van der Waals surface area (Å²) in [5, 5.41) is 9.11. The Labute approximate surface area is 310 Å². The van der Waals surface area contributed by atoms with E-state index in [2.05, 4.69) is 20.7 Å². The zero-order valence-electron chi connectivity index (χ0n) is 30.7. The summed E-state index contributed by atoms with van der Waals surface area (Å²) in [5.41, 5.74) is 0. The molecule has 0 aromatic carbocycles. The van der Waals surface area contributed by atoms with Gasteiger partial charge >= 0.3 is 24.1 Å². The van der Waals surface area contributed by atoms with Crippen LogP contribution in [0.4, 0.5) is 9.59 Å². The second-order valence-corrected chi connectivity index (χ2v) is 13.9. The Balaban J connectivity index is 0.986. The summed E-state index contributed by atoms with van der Waals surface area (Å²) < 4.78 is 42.4. The van der Waals surface area contributed by atoms with Crippen LogP contribution in [0.2, 0.25) is 0 Å². The van der Waals surface area contributed by atoms with Crippen LogP contribution in [0.25, 0.3) is 0 Å². The summed E-state index contributed by atoms with van der Waals surface area (Å²) in [7, 11) is 2.92. The first-order valence-corrected chi connectivity index (χ1v) is 19.4. The number of carbonyl (C=O) groups is 4. The zero-order chi connectivity index (χ0) is 37.3. The number of hydrogen-bond donors (Lipinski definition) is 3. The number of fused-ring (bicyclic) bond motifs is 1. The lowest BCUT2D eigenvalue weighted by atomic mass is 9.98. The first-order chi connectivity index (χ1) is 25.3. The monoisotopic (exact) mass is 765 g/mol. The minimum atomic E-state index is -0.830. The molecule has 0 aliphatic carbocycles. The van der Waals surface area contributed by atoms with Crippen molar-refractivity contribution >= 4 is 35.8 Å². The maximum atomic E-state index is 11.9. The van der Waals surface area contributed by atoms with E-state index in [1.54, 1.807) is 7.11 Å². The molecule has 52 heavy (non-hydrogen) atoms. The molecule has 3 aliphatic rings. The number of hydrogen-bond acceptors (Lipinski definition) is 15. The van der Waals surface area contributed by atoms with Gasteiger partial charge in [-0.2, -0.15) is 11.8 Å². The number of carbonyl (C=O) groups excluding carboxylic acids is 4. The van der Waals surface area contributed by atoms with Gasteiger partial charge in [0.05, 0.1) is 91.5 Å². The lowest BCUT2D eigenvalue weighted by Crippen LogP contribution is -2.42. The predicted molar refractivity (Wildman–Crippen MR) is 188 cm³/mol. The number of nitrogens with one attached hydrogen (secondary N) is 3. The summed E-state index contributed by atoms with van der Waals surface area (Å²) in [6, 6.07) is 0.370. The maximum absolute atomic E-state index is 11.9. The molecule has 3 N–H and O–H groups in total. The van der Waals surface area contributed by atoms with E-state index in [1.807, 2.05) is 11.8 Å². The number of unbranched alkanes of at least 4 members (excludes halogenated alkanes) is 3. The number of methoxy groups -OCH3 is 2. The van der Waals surface area contributed by atoms with Crippen LogP contribution in [0.15, 0.2) is 0 Å². The number of urea groups is 1. The number of alkyl carbamates (subject to hydrolysis) is 1. The first kappa shape index (κ1) is 44.0. The highest BCUT2D eigenvalue weighted by atomic mass is 32.2. The highest BCUT2D eigenvalue weighted by molar-refractivity contribution is 8.00. The SMILES string of the molecule is COC(=O)CC1CCC(CCCCCOC(=O)CCOCCOCCOCCOCCOC(=O)NCCCC[C@@H]2SC[C@@H]3NC(=O)N[C@@H]32)(OC)OO1. The molecular formula is C34H59N3O14S. The Kier molecular flexibility index (Phi) is 22.3. The average molecular weight is 766 g/mol. The van der Waals surface area contributed by atoms with Crippen molar-refractivity contribution in [2.24, 2.45) is 0 Å². The summed E-state index contributed by atoms with van der Waals surface area (Å²) in [5.74, 6) is -0.530. The molecule has 300 valence electrons. The van der Waals surface area contributed by atoms with Crippen LogP contribution < -0.4 is 16.0 Å². The van der Waals surface area contributed by atoms with Crippen molar-refractivity contribution in [3.05, 3.63) is 0 Å². The number of amides is 3. The zero-order valence-corrected chi connectivity index (χ0v) is 31.5. The highest BCUT2D eigenvalue weighted by Gasteiger charge is 2.42. The fourth-order valence-corrected chi connectivity index (χ4v) is 7.38. The Hall–Kier alpha value is -2.45. The minimum Gasteiger partial charge on any atom is -0.469 e. The van der Waals surface area contributed by atoms with E-state index in [0.29, 0.717) is 77.3 Å². The molecule has 0 aromatic heterocycles. The Bertz CT molecular complexity index is 1040. The average Bonchev–Trinajstić information content (AvgIpc) is 3.70. The van der Waals surface area contributed by atoms with E-state index in [0.717, 1.165) is 44.3 Å². The van der Waals surface area contributed by atoms with E-state index < -0.39 is 11.9 Å². The van der Waals surface area contributed by atoms with Crippen LogP contribution in [0, 0.1) is 0 Å². The van der Waals surface area contributed by atoms with Gasteiger partial charge in [0.1, 0.15) is 12.7 Å². The largest absolute Gasteiger partial charge is 0.469 e. The molecule has 3 rings (SSSR count). The lowest BCUT2D eigenvalue weighted by molar-refractivity contribution is -0.466. The Morgan fingerprint density at radius 3 is 2.21 bits per heavy atom. The van der Waals surface area contributed by atoms with Crippen LogP contribution >= 0.6 is 11.8 Å². The van der Waals surface area contributed by atoms with Crippen LogP contribution in [-0.2, 0) is 57.3 Å². The van der Waals surface area contributed by atoms with Gasteiger partial charge in [0.15, 0.2) is 0 Å². The Morgan fingerprint density at radius 2 is 1.54 bits per heavy atom. The number of esters is 2. The highest BCUT2D eigenvalue weighted by Crippen LogP contribution is 2.34. The topological polar surface area (TPSA) is 197 Å². The molecule has 3 amide bonds. The standard InChI is InChI=1S/C34H59N3O14S/c1-42-30(39)24-26-9-12-34(43-2,51-50-26)11-5-3-7-14-48-29(38)10-15-44-16-17-45-18-19-46-20-21-47-22-23-49-33(41)35-13-6-4-8-28-31-27(25-52-28)36-32(40)37-31/h26-28,31H,3-25H2,1-2H3,(H,35,41)(H2,36,37,40)/t26?,27-,28-,31-,34?/m0/s1. The molecule has 3 saturated heterocycles. The summed E-state index contributed by atoms with van der Waals surface area (Å²) in [6.45, 7) is 3.91. The van der Waals surface area contributed by atoms with Crippen LogP contribution in [-0.4, -0.2) is 146 Å². The molecule has 5 atom stereocenters. The third-order valence-electron chi connectivity index (χ3n) is 8.79. The molecule has 18 heteroatoms. The van der Waals surface area contributed by atoms with E-state index in [-0.39, 0.29) is 68.8 Å². The fourth-order valence-electron chi connectivity index (χ4n) is 5.83. The van der Waals surface area contributed by atoms with Gasteiger partial charge in [-0.15, -0.1) is 0 Å². The van der Waals surface area contributed by atoms with Gasteiger partial charge in [-0.25, -0.2) is 19.4 Å². The van der Waals surface area contributed by atoms with Gasteiger partial charge in [-0.05, 0) is 38.5 Å². The molecule has 2 unspecified atom stereocenters. The van der Waals surface area contributed by atoms with Gasteiger partial charge in [0.2, 0.25) is 5.79 Å².